The molecule has 0 amide bonds. The molecular weight excluding hydrogens is 268 g/mol. The number of alkyl halides is 8. The fourth-order valence-electron chi connectivity index (χ4n) is 0.754. The molecule has 2 unspecified atom stereocenters. The molecule has 0 fully saturated rings. The van der Waals surface area contributed by atoms with Gasteiger partial charge in [0.05, 0.1) is 13.2 Å². The van der Waals surface area contributed by atoms with Gasteiger partial charge >= 0.3 is 11.8 Å². The zero-order valence-corrected chi connectivity index (χ0v) is 8.03. The molecule has 0 saturated carbocycles. The first kappa shape index (κ1) is 16.4. The van der Waals surface area contributed by atoms with Crippen molar-refractivity contribution in [3.05, 3.63) is 0 Å². The van der Waals surface area contributed by atoms with Crippen molar-refractivity contribution >= 4 is 0 Å². The Kier molecular flexibility index (Phi) is 5.59. The smallest absolute Gasteiger partial charge is 0.367 e. The van der Waals surface area contributed by atoms with Gasteiger partial charge in [-0.25, -0.2) is 17.6 Å². The van der Waals surface area contributed by atoms with Crippen molar-refractivity contribution in [1.29, 1.82) is 0 Å². The van der Waals surface area contributed by atoms with Crippen LogP contribution < -0.4 is 0 Å². The topological polar surface area (TPSA) is 29.5 Å². The standard InChI is InChI=1S/C7H8F8O2/c8-3(4(9)10)6(12,13)7(14,15)5(11)17-2-1-16/h3-5,16H,1-2H2. The maximum Gasteiger partial charge on any atom is 0.367 e. The zero-order valence-electron chi connectivity index (χ0n) is 8.03. The van der Waals surface area contributed by atoms with E-state index in [0.29, 0.717) is 0 Å². The van der Waals surface area contributed by atoms with E-state index >= 15 is 0 Å². The third-order valence-corrected chi connectivity index (χ3v) is 1.65. The molecule has 1 N–H and O–H groups in total. The number of aliphatic hydroxyl groups excluding tert-OH is 1. The van der Waals surface area contributed by atoms with Crippen LogP contribution in [0, 0.1) is 0 Å². The van der Waals surface area contributed by atoms with Crippen molar-refractivity contribution in [2.24, 2.45) is 0 Å². The van der Waals surface area contributed by atoms with Gasteiger partial charge in [-0.2, -0.15) is 17.6 Å². The SMILES string of the molecule is OCCOC(F)C(F)(F)C(F)(F)C(F)C(F)F. The van der Waals surface area contributed by atoms with Crippen LogP contribution in [0.5, 0.6) is 0 Å². The van der Waals surface area contributed by atoms with Crippen molar-refractivity contribution in [2.45, 2.75) is 30.8 Å². The summed E-state index contributed by atoms with van der Waals surface area (Å²) in [5.74, 6) is -11.7. The van der Waals surface area contributed by atoms with E-state index < -0.39 is 44.0 Å². The molecule has 0 aliphatic rings. The van der Waals surface area contributed by atoms with Gasteiger partial charge in [-0.05, 0) is 0 Å². The normalized spacial score (nSPS) is 17.3. The van der Waals surface area contributed by atoms with Gasteiger partial charge in [-0.15, -0.1) is 0 Å². The third kappa shape index (κ3) is 3.41. The lowest BCUT2D eigenvalue weighted by atomic mass is 10.1. The summed E-state index contributed by atoms with van der Waals surface area (Å²) in [6.07, 6.45) is -12.9. The third-order valence-electron chi connectivity index (χ3n) is 1.65. The largest absolute Gasteiger partial charge is 0.394 e. The minimum atomic E-state index is -5.93. The highest BCUT2D eigenvalue weighted by molar-refractivity contribution is 4.94. The number of hydrogen-bond donors (Lipinski definition) is 1. The molecular formula is C7H8F8O2. The van der Waals surface area contributed by atoms with Crippen LogP contribution in [0.4, 0.5) is 35.1 Å². The first-order valence-electron chi connectivity index (χ1n) is 4.13. The second kappa shape index (κ2) is 5.80. The van der Waals surface area contributed by atoms with Gasteiger partial charge in [-0.1, -0.05) is 0 Å². The molecule has 0 aliphatic carbocycles. The van der Waals surface area contributed by atoms with E-state index in [2.05, 4.69) is 4.74 Å². The summed E-state index contributed by atoms with van der Waals surface area (Å²) in [5, 5.41) is 8.06. The van der Waals surface area contributed by atoms with Crippen LogP contribution in [-0.2, 0) is 4.74 Å². The monoisotopic (exact) mass is 276 g/mol. The number of hydrogen-bond acceptors (Lipinski definition) is 2. The van der Waals surface area contributed by atoms with E-state index in [1.165, 1.54) is 0 Å². The summed E-state index contributed by atoms with van der Waals surface area (Å²) in [6.45, 7) is -2.03. The van der Waals surface area contributed by atoms with Crippen molar-refractivity contribution in [2.75, 3.05) is 13.2 Å². The van der Waals surface area contributed by atoms with Crippen LogP contribution in [0.1, 0.15) is 0 Å². The molecule has 0 rings (SSSR count). The molecule has 0 aromatic heterocycles. The van der Waals surface area contributed by atoms with Crippen molar-refractivity contribution in [3.8, 4) is 0 Å². The maximum absolute atomic E-state index is 12.6. The van der Waals surface area contributed by atoms with E-state index in [-0.39, 0.29) is 0 Å². The summed E-state index contributed by atoms with van der Waals surface area (Å²) in [6, 6.07) is 0. The molecule has 0 spiro atoms. The molecule has 0 radical (unpaired) electrons. The Labute approximate surface area is 90.2 Å². The lowest BCUT2D eigenvalue weighted by Gasteiger charge is -2.30. The molecule has 0 bridgehead atoms. The highest BCUT2D eigenvalue weighted by Gasteiger charge is 2.69. The van der Waals surface area contributed by atoms with Crippen LogP contribution in [-0.4, -0.2) is 49.1 Å². The molecule has 2 atom stereocenters. The molecule has 104 valence electrons. The fourth-order valence-corrected chi connectivity index (χ4v) is 0.754. The maximum atomic E-state index is 12.6. The van der Waals surface area contributed by atoms with Gasteiger partial charge in [0.2, 0.25) is 6.17 Å². The minimum Gasteiger partial charge on any atom is -0.394 e. The predicted octanol–water partition coefficient (Wildman–Crippen LogP) is 2.16. The first-order chi connectivity index (χ1) is 7.59. The Morgan fingerprint density at radius 3 is 1.76 bits per heavy atom. The van der Waals surface area contributed by atoms with E-state index in [9.17, 15) is 35.1 Å². The number of halogens is 8. The Bertz CT molecular complexity index is 234. The molecule has 17 heavy (non-hydrogen) atoms. The minimum absolute atomic E-state index is 0.962. The average Bonchev–Trinajstić information content (AvgIpc) is 2.23. The van der Waals surface area contributed by atoms with Gasteiger partial charge in [0.1, 0.15) is 0 Å². The van der Waals surface area contributed by atoms with Crippen molar-refractivity contribution in [1.82, 2.24) is 0 Å². The van der Waals surface area contributed by atoms with Crippen LogP contribution in [0.25, 0.3) is 0 Å². The van der Waals surface area contributed by atoms with Crippen molar-refractivity contribution in [3.63, 3.8) is 0 Å². The molecule has 0 saturated heterocycles. The lowest BCUT2D eigenvalue weighted by Crippen LogP contribution is -2.56. The van der Waals surface area contributed by atoms with Gasteiger partial charge in [-0.3, -0.25) is 0 Å². The summed E-state index contributed by atoms with van der Waals surface area (Å²) >= 11 is 0. The molecule has 2 nitrogen and oxygen atoms in total. The summed E-state index contributed by atoms with van der Waals surface area (Å²) in [4.78, 5) is 0. The molecule has 0 aliphatic heterocycles. The quantitative estimate of drug-likeness (QED) is 0.722. The molecule has 0 aromatic carbocycles. The highest BCUT2D eigenvalue weighted by atomic mass is 19.3. The van der Waals surface area contributed by atoms with Crippen molar-refractivity contribution < 1.29 is 45.0 Å². The van der Waals surface area contributed by atoms with E-state index in [4.69, 9.17) is 5.11 Å². The van der Waals surface area contributed by atoms with E-state index in [0.717, 1.165) is 0 Å². The first-order valence-corrected chi connectivity index (χ1v) is 4.13. The highest BCUT2D eigenvalue weighted by Crippen LogP contribution is 2.43. The summed E-state index contributed by atoms with van der Waals surface area (Å²) < 4.78 is 102. The second-order valence-electron chi connectivity index (χ2n) is 2.89. The Morgan fingerprint density at radius 2 is 1.41 bits per heavy atom. The summed E-state index contributed by atoms with van der Waals surface area (Å²) in [5.41, 5.74) is 0. The van der Waals surface area contributed by atoms with Crippen LogP contribution in [0.2, 0.25) is 0 Å². The summed E-state index contributed by atoms with van der Waals surface area (Å²) in [7, 11) is 0. The van der Waals surface area contributed by atoms with Gasteiger partial charge < -0.3 is 9.84 Å². The second-order valence-corrected chi connectivity index (χ2v) is 2.89. The Morgan fingerprint density at radius 1 is 0.941 bits per heavy atom. The van der Waals surface area contributed by atoms with E-state index in [1.807, 2.05) is 0 Å². The molecule has 0 aromatic rings. The van der Waals surface area contributed by atoms with Gasteiger partial charge in [0.25, 0.3) is 12.8 Å². The van der Waals surface area contributed by atoms with Gasteiger partial charge in [0, 0.05) is 0 Å². The molecule has 10 heteroatoms. The van der Waals surface area contributed by atoms with Gasteiger partial charge in [0.15, 0.2) is 0 Å². The van der Waals surface area contributed by atoms with E-state index in [1.54, 1.807) is 0 Å². The zero-order chi connectivity index (χ0) is 13.9. The average molecular weight is 276 g/mol. The Hall–Kier alpha value is -0.640. The Balaban J connectivity index is 4.87. The lowest BCUT2D eigenvalue weighted by molar-refractivity contribution is -0.320. The fraction of sp³-hybridized carbons (Fsp3) is 1.00. The predicted molar refractivity (Wildman–Crippen MR) is 38.7 cm³/mol. The number of aliphatic hydroxyl groups is 1. The van der Waals surface area contributed by atoms with Crippen LogP contribution in [0.3, 0.4) is 0 Å². The molecule has 0 heterocycles. The van der Waals surface area contributed by atoms with Crippen LogP contribution in [0.15, 0.2) is 0 Å². The van der Waals surface area contributed by atoms with Crippen LogP contribution >= 0.6 is 0 Å². The number of rotatable bonds is 7. The number of ether oxygens (including phenoxy) is 1.